The molecule has 2 rings (SSSR count). The van der Waals surface area contributed by atoms with E-state index < -0.39 is 11.9 Å². The zero-order chi connectivity index (χ0) is 20.7. The van der Waals surface area contributed by atoms with Crippen LogP contribution in [0.1, 0.15) is 43.9 Å². The summed E-state index contributed by atoms with van der Waals surface area (Å²) in [5.74, 6) is -0.903. The van der Waals surface area contributed by atoms with Crippen LogP contribution in [0.15, 0.2) is 30.0 Å². The minimum Gasteiger partial charge on any atom is -0.494 e. The van der Waals surface area contributed by atoms with E-state index in [1.54, 1.807) is 0 Å². The van der Waals surface area contributed by atoms with E-state index in [-0.39, 0.29) is 17.5 Å². The maximum absolute atomic E-state index is 12.6. The first-order valence-electron chi connectivity index (χ1n) is 9.48. The Morgan fingerprint density at radius 3 is 2.68 bits per heavy atom. The number of benzene rings is 1. The van der Waals surface area contributed by atoms with Crippen LogP contribution in [0, 0.1) is 24.2 Å². The maximum atomic E-state index is 12.6. The van der Waals surface area contributed by atoms with Gasteiger partial charge in [-0.3, -0.25) is 9.59 Å². The van der Waals surface area contributed by atoms with E-state index in [9.17, 15) is 14.9 Å². The number of piperidine rings is 1. The van der Waals surface area contributed by atoms with Crippen molar-refractivity contribution in [2.45, 2.75) is 39.7 Å². The normalized spacial score (nSPS) is 16.2. The summed E-state index contributed by atoms with van der Waals surface area (Å²) in [7, 11) is 0. The maximum Gasteiger partial charge on any atom is 0.306 e. The van der Waals surface area contributed by atoms with Crippen molar-refractivity contribution in [3.8, 4) is 11.8 Å². The van der Waals surface area contributed by atoms with Gasteiger partial charge in [-0.2, -0.15) is 5.26 Å². The Labute approximate surface area is 165 Å². The average molecular weight is 385 g/mol. The van der Waals surface area contributed by atoms with Gasteiger partial charge in [-0.25, -0.2) is 0 Å². The van der Waals surface area contributed by atoms with Crippen LogP contribution in [0.25, 0.3) is 0 Å². The van der Waals surface area contributed by atoms with Crippen molar-refractivity contribution in [3.05, 3.63) is 41.1 Å². The summed E-state index contributed by atoms with van der Waals surface area (Å²) in [4.78, 5) is 25.5. The Bertz CT molecular complexity index is 789. The Kier molecular flexibility index (Phi) is 7.44. The van der Waals surface area contributed by atoms with Crippen LogP contribution in [0.5, 0.6) is 5.75 Å². The Hall–Kier alpha value is -3.01. The van der Waals surface area contributed by atoms with Gasteiger partial charge in [0.25, 0.3) is 5.91 Å². The van der Waals surface area contributed by atoms with Crippen LogP contribution >= 0.6 is 0 Å². The number of amides is 1. The van der Waals surface area contributed by atoms with Crippen LogP contribution < -0.4 is 10.1 Å². The number of nitrogens with one attached hydrogen (secondary N) is 1. The molecule has 1 amide bonds. The Morgan fingerprint density at radius 2 is 2.11 bits per heavy atom. The quantitative estimate of drug-likeness (QED) is 0.553. The number of aryl methyl sites for hydroxylation is 1. The number of nitrogens with zero attached hydrogens (tertiary/aromatic N) is 2. The molecule has 0 aliphatic carbocycles. The lowest BCUT2D eigenvalue weighted by Gasteiger charge is -2.29. The van der Waals surface area contributed by atoms with E-state index >= 15 is 0 Å². The van der Waals surface area contributed by atoms with Crippen molar-refractivity contribution < 1.29 is 19.4 Å². The molecule has 1 aliphatic rings. The molecular formula is C21H27N3O4. The number of carboxylic acids is 1. The molecule has 1 aromatic rings. The van der Waals surface area contributed by atoms with Crippen LogP contribution in [0.3, 0.4) is 0 Å². The predicted molar refractivity (Wildman–Crippen MR) is 105 cm³/mol. The monoisotopic (exact) mass is 385 g/mol. The van der Waals surface area contributed by atoms with E-state index in [1.807, 2.05) is 49.9 Å². The van der Waals surface area contributed by atoms with Crippen LogP contribution in [0.4, 0.5) is 0 Å². The number of carbonyl (C=O) groups excluding carboxylic acids is 1. The van der Waals surface area contributed by atoms with Gasteiger partial charge in [-0.05, 0) is 39.7 Å². The lowest BCUT2D eigenvalue weighted by atomic mass is 9.97. The van der Waals surface area contributed by atoms with Gasteiger partial charge in [0.15, 0.2) is 0 Å². The van der Waals surface area contributed by atoms with Gasteiger partial charge >= 0.3 is 5.97 Å². The molecule has 0 radical (unpaired) electrons. The Balaban J connectivity index is 2.07. The fraction of sp³-hybridized carbons (Fsp3) is 0.476. The highest BCUT2D eigenvalue weighted by atomic mass is 16.5. The molecule has 28 heavy (non-hydrogen) atoms. The van der Waals surface area contributed by atoms with Gasteiger partial charge in [-0.1, -0.05) is 17.7 Å². The summed E-state index contributed by atoms with van der Waals surface area (Å²) < 4.78 is 5.65. The molecule has 0 spiro atoms. The lowest BCUT2D eigenvalue weighted by Crippen LogP contribution is -2.34. The highest BCUT2D eigenvalue weighted by molar-refractivity contribution is 5.97. The van der Waals surface area contributed by atoms with E-state index in [0.717, 1.165) is 11.1 Å². The zero-order valence-corrected chi connectivity index (χ0v) is 16.6. The summed E-state index contributed by atoms with van der Waals surface area (Å²) >= 11 is 0. The second kappa shape index (κ2) is 9.79. The number of hydrogen-bond acceptors (Lipinski definition) is 5. The molecule has 1 aromatic carbocycles. The summed E-state index contributed by atoms with van der Waals surface area (Å²) in [5, 5.41) is 21.3. The molecule has 7 nitrogen and oxygen atoms in total. The van der Waals surface area contributed by atoms with Crippen LogP contribution in [-0.4, -0.2) is 41.6 Å². The predicted octanol–water partition coefficient (Wildman–Crippen LogP) is 2.78. The second-order valence-electron chi connectivity index (χ2n) is 6.97. The molecule has 1 unspecified atom stereocenters. The highest BCUT2D eigenvalue weighted by Crippen LogP contribution is 2.27. The minimum absolute atomic E-state index is 0.00578. The molecule has 0 saturated carbocycles. The SMILES string of the molecule is CCOc1ccc(C)cc1C(C)NC(=O)/C(C#N)=C\N1CCC(C(=O)O)CC1. The van der Waals surface area contributed by atoms with Gasteiger partial charge < -0.3 is 20.1 Å². The third-order valence-corrected chi connectivity index (χ3v) is 4.83. The number of hydrogen-bond donors (Lipinski definition) is 2. The summed E-state index contributed by atoms with van der Waals surface area (Å²) in [6, 6.07) is 7.41. The van der Waals surface area contributed by atoms with Crippen molar-refractivity contribution in [3.63, 3.8) is 0 Å². The van der Waals surface area contributed by atoms with Gasteiger partial charge in [0.2, 0.25) is 0 Å². The van der Waals surface area contributed by atoms with E-state index in [4.69, 9.17) is 9.84 Å². The standard InChI is InChI=1S/C21H27N3O4/c1-4-28-19-6-5-14(2)11-18(19)15(3)23-20(25)17(12-22)13-24-9-7-16(8-10-24)21(26)27/h5-6,11,13,15-16H,4,7-10H2,1-3H3,(H,23,25)(H,26,27)/b17-13-. The van der Waals surface area contributed by atoms with Crippen molar-refractivity contribution in [2.75, 3.05) is 19.7 Å². The second-order valence-corrected chi connectivity index (χ2v) is 6.97. The molecule has 2 N–H and O–H groups in total. The molecule has 150 valence electrons. The molecule has 1 saturated heterocycles. The van der Waals surface area contributed by atoms with Gasteiger partial charge in [0.05, 0.1) is 18.6 Å². The lowest BCUT2D eigenvalue weighted by molar-refractivity contribution is -0.143. The van der Waals surface area contributed by atoms with Crippen LogP contribution in [-0.2, 0) is 9.59 Å². The number of aliphatic carboxylic acids is 1. The molecule has 1 fully saturated rings. The van der Waals surface area contributed by atoms with Crippen molar-refractivity contribution in [1.29, 1.82) is 5.26 Å². The minimum atomic E-state index is -0.793. The van der Waals surface area contributed by atoms with E-state index in [0.29, 0.717) is 38.3 Å². The molecule has 1 heterocycles. The summed E-state index contributed by atoms with van der Waals surface area (Å²) in [5.41, 5.74) is 1.91. The molecule has 7 heteroatoms. The highest BCUT2D eigenvalue weighted by Gasteiger charge is 2.24. The number of carbonyl (C=O) groups is 2. The number of carboxylic acid groups (broad SMARTS) is 1. The van der Waals surface area contributed by atoms with Gasteiger partial charge in [0, 0.05) is 24.9 Å². The van der Waals surface area contributed by atoms with Crippen LogP contribution in [0.2, 0.25) is 0 Å². The molecular weight excluding hydrogens is 358 g/mol. The summed E-state index contributed by atoms with van der Waals surface area (Å²) in [6.45, 7) is 7.26. The van der Waals surface area contributed by atoms with E-state index in [1.165, 1.54) is 6.20 Å². The fourth-order valence-corrected chi connectivity index (χ4v) is 3.24. The van der Waals surface area contributed by atoms with E-state index in [2.05, 4.69) is 5.32 Å². The summed E-state index contributed by atoms with van der Waals surface area (Å²) in [6.07, 6.45) is 2.53. The number of nitriles is 1. The van der Waals surface area contributed by atoms with Gasteiger partial charge in [0.1, 0.15) is 17.4 Å². The van der Waals surface area contributed by atoms with Gasteiger partial charge in [-0.15, -0.1) is 0 Å². The van der Waals surface area contributed by atoms with Crippen molar-refractivity contribution >= 4 is 11.9 Å². The largest absolute Gasteiger partial charge is 0.494 e. The number of ether oxygens (including phenoxy) is 1. The topological polar surface area (TPSA) is 103 Å². The van der Waals surface area contributed by atoms with Crippen molar-refractivity contribution in [2.24, 2.45) is 5.92 Å². The third kappa shape index (κ3) is 5.49. The molecule has 1 aliphatic heterocycles. The third-order valence-electron chi connectivity index (χ3n) is 4.83. The smallest absolute Gasteiger partial charge is 0.306 e. The molecule has 1 atom stereocenters. The molecule has 0 bridgehead atoms. The number of rotatable bonds is 7. The fourth-order valence-electron chi connectivity index (χ4n) is 3.24. The first kappa shape index (κ1) is 21.3. The number of likely N-dealkylation sites (tertiary alicyclic amines) is 1. The first-order chi connectivity index (χ1) is 13.3. The zero-order valence-electron chi connectivity index (χ0n) is 16.6. The Morgan fingerprint density at radius 1 is 1.43 bits per heavy atom. The molecule has 0 aromatic heterocycles. The average Bonchev–Trinajstić information content (AvgIpc) is 2.67. The van der Waals surface area contributed by atoms with Crippen molar-refractivity contribution in [1.82, 2.24) is 10.2 Å². The first-order valence-corrected chi connectivity index (χ1v) is 9.48.